The molecule has 12 nitrogen and oxygen atoms in total. The molecule has 0 radical (unpaired) electrons. The number of carboxylic acids is 1. The van der Waals surface area contributed by atoms with Gasteiger partial charge in [0.15, 0.2) is 0 Å². The lowest BCUT2D eigenvalue weighted by molar-refractivity contribution is -0.139. The zero-order chi connectivity index (χ0) is 24.3. The fourth-order valence-electron chi connectivity index (χ4n) is 3.03. The van der Waals surface area contributed by atoms with Crippen molar-refractivity contribution < 1.29 is 39.0 Å². The molecule has 0 aromatic carbocycles. The van der Waals surface area contributed by atoms with Crippen molar-refractivity contribution in [3.63, 3.8) is 0 Å². The number of hydrogen-bond donors (Lipinski definition) is 5. The molecule has 0 spiro atoms. The molecular weight excluding hydrogens is 444 g/mol. The molecule has 2 atom stereocenters. The van der Waals surface area contributed by atoms with E-state index in [1.54, 1.807) is 0 Å². The number of aliphatic carboxylic acids is 1. The van der Waals surface area contributed by atoms with Gasteiger partial charge in [0.05, 0.1) is 5.75 Å². The third-order valence-electron chi connectivity index (χ3n) is 4.96. The summed E-state index contributed by atoms with van der Waals surface area (Å²) in [6.45, 7) is 0. The Balaban J connectivity index is 2.60. The maximum absolute atomic E-state index is 12.4. The topological polar surface area (TPSA) is 196 Å². The maximum Gasteiger partial charge on any atom is 0.413 e. The molecule has 0 heterocycles. The SMILES string of the molecule is CN(C(=O)O)C(=O)C(CSCC(=O)C(=O)NC1CCCCC1)NC(=O)CCC(N)C(=O)O. The number of carbonyl (C=O) groups excluding carboxylic acids is 4. The number of amides is 4. The average molecular weight is 475 g/mol. The van der Waals surface area contributed by atoms with E-state index in [0.717, 1.165) is 50.9 Å². The highest BCUT2D eigenvalue weighted by Crippen LogP contribution is 2.17. The Bertz CT molecular complexity index is 726. The Hall–Kier alpha value is -2.67. The Morgan fingerprint density at radius 2 is 1.72 bits per heavy atom. The van der Waals surface area contributed by atoms with E-state index in [2.05, 4.69) is 10.6 Å². The smallest absolute Gasteiger partial charge is 0.413 e. The molecule has 0 saturated heterocycles. The van der Waals surface area contributed by atoms with Crippen LogP contribution in [0.2, 0.25) is 0 Å². The average Bonchev–Trinajstić information content (AvgIpc) is 2.75. The number of nitrogens with two attached hydrogens (primary N) is 1. The number of imide groups is 1. The first-order valence-electron chi connectivity index (χ1n) is 10.2. The molecule has 1 rings (SSSR count). The number of Topliss-reactive ketones (excluding diaryl/α,β-unsaturated/α-hetero) is 1. The van der Waals surface area contributed by atoms with E-state index in [9.17, 15) is 28.8 Å². The second-order valence-electron chi connectivity index (χ2n) is 7.53. The number of nitrogens with zero attached hydrogens (tertiary/aromatic N) is 1. The molecule has 1 aliphatic carbocycles. The molecule has 6 N–H and O–H groups in total. The van der Waals surface area contributed by atoms with Crippen LogP contribution in [-0.4, -0.2) is 87.4 Å². The number of rotatable bonds is 12. The molecule has 4 amide bonds. The maximum atomic E-state index is 12.4. The quantitative estimate of drug-likeness (QED) is 0.231. The minimum atomic E-state index is -1.53. The molecule has 2 unspecified atom stereocenters. The number of hydrogen-bond acceptors (Lipinski definition) is 8. The minimum absolute atomic E-state index is 0.0276. The number of nitrogens with one attached hydrogen (secondary N) is 2. The van der Waals surface area contributed by atoms with Crippen molar-refractivity contribution in [2.24, 2.45) is 5.73 Å². The van der Waals surface area contributed by atoms with Gasteiger partial charge in [-0.1, -0.05) is 19.3 Å². The fourth-order valence-corrected chi connectivity index (χ4v) is 3.92. The molecular formula is C19H30N4O8S. The standard InChI is InChI=1S/C19H30N4O8S/c1-23(19(30)31)17(27)13(22-15(25)8-7-12(20)18(28)29)9-32-10-14(24)16(26)21-11-5-3-2-4-6-11/h11-13H,2-10,20H2,1H3,(H,21,26)(H,22,25)(H,28,29)(H,30,31). The summed E-state index contributed by atoms with van der Waals surface area (Å²) in [6, 6.07) is -2.57. The van der Waals surface area contributed by atoms with Crippen LogP contribution in [0.3, 0.4) is 0 Å². The summed E-state index contributed by atoms with van der Waals surface area (Å²) in [5.74, 6) is -4.70. The number of thioether (sulfide) groups is 1. The highest BCUT2D eigenvalue weighted by molar-refractivity contribution is 8.00. The molecule has 1 aliphatic rings. The fraction of sp³-hybridized carbons (Fsp3) is 0.684. The first-order chi connectivity index (χ1) is 15.0. The third kappa shape index (κ3) is 9.64. The summed E-state index contributed by atoms with van der Waals surface area (Å²) in [6.07, 6.45) is 2.73. The molecule has 1 saturated carbocycles. The van der Waals surface area contributed by atoms with Gasteiger partial charge in [0, 0.05) is 25.3 Å². The van der Waals surface area contributed by atoms with Crippen LogP contribution in [0, 0.1) is 0 Å². The summed E-state index contributed by atoms with van der Waals surface area (Å²) >= 11 is 0.904. The Kier molecular flexibility index (Phi) is 11.7. The van der Waals surface area contributed by atoms with Crippen molar-refractivity contribution in [3.8, 4) is 0 Å². The van der Waals surface area contributed by atoms with Crippen LogP contribution in [-0.2, 0) is 24.0 Å². The van der Waals surface area contributed by atoms with Crippen molar-refractivity contribution in [2.75, 3.05) is 18.6 Å². The summed E-state index contributed by atoms with van der Waals surface area (Å²) in [7, 11) is 1.01. The van der Waals surface area contributed by atoms with Gasteiger partial charge in [-0.3, -0.25) is 24.0 Å². The van der Waals surface area contributed by atoms with Crippen molar-refractivity contribution in [2.45, 2.75) is 63.1 Å². The summed E-state index contributed by atoms with van der Waals surface area (Å²) in [5, 5.41) is 22.8. The predicted molar refractivity (Wildman–Crippen MR) is 115 cm³/mol. The van der Waals surface area contributed by atoms with Crippen LogP contribution in [0.15, 0.2) is 0 Å². The van der Waals surface area contributed by atoms with Gasteiger partial charge < -0.3 is 26.6 Å². The van der Waals surface area contributed by atoms with Gasteiger partial charge >= 0.3 is 12.1 Å². The largest absolute Gasteiger partial charge is 0.480 e. The van der Waals surface area contributed by atoms with Crippen LogP contribution < -0.4 is 16.4 Å². The van der Waals surface area contributed by atoms with E-state index in [1.807, 2.05) is 0 Å². The van der Waals surface area contributed by atoms with E-state index in [-0.39, 0.29) is 30.4 Å². The lowest BCUT2D eigenvalue weighted by atomic mass is 9.95. The van der Waals surface area contributed by atoms with Crippen LogP contribution in [0.5, 0.6) is 0 Å². The lowest BCUT2D eigenvalue weighted by Crippen LogP contribution is -2.50. The molecule has 0 aliphatic heterocycles. The van der Waals surface area contributed by atoms with Gasteiger partial charge in [-0.05, 0) is 19.3 Å². The molecule has 0 aromatic rings. The van der Waals surface area contributed by atoms with E-state index < -0.39 is 47.7 Å². The first kappa shape index (κ1) is 27.4. The van der Waals surface area contributed by atoms with Gasteiger partial charge in [-0.25, -0.2) is 9.69 Å². The molecule has 13 heteroatoms. The first-order valence-corrected chi connectivity index (χ1v) is 11.4. The van der Waals surface area contributed by atoms with E-state index in [1.165, 1.54) is 0 Å². The number of ketones is 1. The highest BCUT2D eigenvalue weighted by Gasteiger charge is 2.28. The Morgan fingerprint density at radius 3 is 2.28 bits per heavy atom. The lowest BCUT2D eigenvalue weighted by Gasteiger charge is -2.23. The molecule has 32 heavy (non-hydrogen) atoms. The van der Waals surface area contributed by atoms with Gasteiger partial charge in [-0.2, -0.15) is 11.8 Å². The summed E-state index contributed by atoms with van der Waals surface area (Å²) in [4.78, 5) is 70.8. The number of carboxylic acid groups (broad SMARTS) is 2. The van der Waals surface area contributed by atoms with Crippen molar-refractivity contribution in [1.82, 2.24) is 15.5 Å². The van der Waals surface area contributed by atoms with E-state index in [0.29, 0.717) is 4.90 Å². The number of likely N-dealkylation sites (N-methyl/N-ethyl adjacent to an activating group) is 1. The van der Waals surface area contributed by atoms with Crippen LogP contribution in [0.4, 0.5) is 4.79 Å². The monoisotopic (exact) mass is 474 g/mol. The summed E-state index contributed by atoms with van der Waals surface area (Å²) in [5.41, 5.74) is 5.34. The van der Waals surface area contributed by atoms with E-state index in [4.69, 9.17) is 15.9 Å². The molecule has 0 aromatic heterocycles. The van der Waals surface area contributed by atoms with Crippen LogP contribution >= 0.6 is 11.8 Å². The van der Waals surface area contributed by atoms with Crippen LogP contribution in [0.25, 0.3) is 0 Å². The Morgan fingerprint density at radius 1 is 1.09 bits per heavy atom. The Labute approximate surface area is 189 Å². The zero-order valence-electron chi connectivity index (χ0n) is 17.9. The van der Waals surface area contributed by atoms with Crippen LogP contribution in [0.1, 0.15) is 44.9 Å². The van der Waals surface area contributed by atoms with E-state index >= 15 is 0 Å². The highest BCUT2D eigenvalue weighted by atomic mass is 32.2. The van der Waals surface area contributed by atoms with Gasteiger partial charge in [0.2, 0.25) is 11.7 Å². The number of carbonyl (C=O) groups is 6. The predicted octanol–water partition coefficient (Wildman–Crippen LogP) is -0.449. The zero-order valence-corrected chi connectivity index (χ0v) is 18.7. The molecule has 180 valence electrons. The van der Waals surface area contributed by atoms with Crippen molar-refractivity contribution in [3.05, 3.63) is 0 Å². The van der Waals surface area contributed by atoms with Gasteiger partial charge in [0.1, 0.15) is 12.1 Å². The summed E-state index contributed by atoms with van der Waals surface area (Å²) < 4.78 is 0. The molecule has 0 bridgehead atoms. The van der Waals surface area contributed by atoms with Gasteiger partial charge in [0.25, 0.3) is 11.8 Å². The van der Waals surface area contributed by atoms with Gasteiger partial charge in [-0.15, -0.1) is 0 Å². The second-order valence-corrected chi connectivity index (χ2v) is 8.56. The minimum Gasteiger partial charge on any atom is -0.480 e. The molecule has 1 fully saturated rings. The third-order valence-corrected chi connectivity index (χ3v) is 6.00. The second kappa shape index (κ2) is 13.7. The normalized spacial score (nSPS) is 15.8. The van der Waals surface area contributed by atoms with Crippen molar-refractivity contribution >= 4 is 47.3 Å². The van der Waals surface area contributed by atoms with Crippen molar-refractivity contribution in [1.29, 1.82) is 0 Å².